The first kappa shape index (κ1) is 21.3. The molecule has 1 aromatic heterocycles. The van der Waals surface area contributed by atoms with Crippen molar-refractivity contribution in [3.8, 4) is 0 Å². The lowest BCUT2D eigenvalue weighted by Gasteiger charge is -2.19. The molecule has 3 aromatic rings. The van der Waals surface area contributed by atoms with Crippen LogP contribution in [-0.2, 0) is 9.59 Å². The van der Waals surface area contributed by atoms with E-state index in [4.69, 9.17) is 4.42 Å². The first-order chi connectivity index (χ1) is 14.5. The number of anilines is 1. The summed E-state index contributed by atoms with van der Waals surface area (Å²) in [6, 6.07) is 18.9. The maximum atomic E-state index is 12.6. The number of quaternary nitrogens is 1. The number of nitrogens with one attached hydrogen (secondary N) is 2. The van der Waals surface area contributed by atoms with Crippen LogP contribution in [-0.4, -0.2) is 24.4 Å². The quantitative estimate of drug-likeness (QED) is 0.537. The Morgan fingerprint density at radius 2 is 1.67 bits per heavy atom. The van der Waals surface area contributed by atoms with Crippen molar-refractivity contribution in [1.82, 2.24) is 5.32 Å². The number of aryl methyl sites for hydroxylation is 2. The van der Waals surface area contributed by atoms with E-state index < -0.39 is 6.04 Å². The molecule has 0 radical (unpaired) electrons. The van der Waals surface area contributed by atoms with E-state index in [0.717, 1.165) is 28.1 Å². The molecule has 156 valence electrons. The predicted molar refractivity (Wildman–Crippen MR) is 116 cm³/mol. The zero-order valence-corrected chi connectivity index (χ0v) is 17.5. The van der Waals surface area contributed by atoms with E-state index in [1.165, 1.54) is 0 Å². The zero-order chi connectivity index (χ0) is 21.5. The molecule has 6 heteroatoms. The summed E-state index contributed by atoms with van der Waals surface area (Å²) in [4.78, 5) is 24.9. The molecule has 2 amide bonds. The second-order valence-corrected chi connectivity index (χ2v) is 7.42. The average molecular weight is 407 g/mol. The smallest absolute Gasteiger partial charge is 0.278 e. The van der Waals surface area contributed by atoms with Crippen LogP contribution in [0, 0.1) is 13.8 Å². The van der Waals surface area contributed by atoms with Crippen molar-refractivity contribution in [3.63, 3.8) is 0 Å². The van der Waals surface area contributed by atoms with E-state index in [9.17, 15) is 9.59 Å². The van der Waals surface area contributed by atoms with Gasteiger partial charge >= 0.3 is 0 Å². The van der Waals surface area contributed by atoms with Crippen LogP contribution in [0.25, 0.3) is 0 Å². The van der Waals surface area contributed by atoms with Gasteiger partial charge in [-0.05, 0) is 44.0 Å². The van der Waals surface area contributed by atoms with Crippen molar-refractivity contribution < 1.29 is 19.3 Å². The number of rotatable bonds is 8. The number of para-hydroxylation sites is 1. The summed E-state index contributed by atoms with van der Waals surface area (Å²) >= 11 is 0. The minimum Gasteiger partial charge on any atom is -0.463 e. The van der Waals surface area contributed by atoms with Gasteiger partial charge in [0, 0.05) is 11.3 Å². The van der Waals surface area contributed by atoms with Gasteiger partial charge < -0.3 is 20.4 Å². The summed E-state index contributed by atoms with van der Waals surface area (Å²) in [5.74, 6) is 0.311. The van der Waals surface area contributed by atoms with Crippen LogP contribution < -0.4 is 16.0 Å². The number of benzene rings is 2. The van der Waals surface area contributed by atoms with Gasteiger partial charge in [0.2, 0.25) is 5.91 Å². The van der Waals surface area contributed by atoms with Gasteiger partial charge in [-0.15, -0.1) is 0 Å². The van der Waals surface area contributed by atoms with E-state index in [1.807, 2.05) is 86.8 Å². The van der Waals surface area contributed by atoms with Crippen LogP contribution in [0.15, 0.2) is 71.3 Å². The Labute approximate surface area is 176 Å². The molecule has 2 atom stereocenters. The third kappa shape index (κ3) is 5.36. The van der Waals surface area contributed by atoms with E-state index in [1.54, 1.807) is 6.26 Å². The first-order valence-electron chi connectivity index (χ1n) is 10.0. The number of hydrogen-bond acceptors (Lipinski definition) is 3. The van der Waals surface area contributed by atoms with Crippen molar-refractivity contribution in [2.75, 3.05) is 11.9 Å². The minimum absolute atomic E-state index is 0.0818. The fourth-order valence-electron chi connectivity index (χ4n) is 3.40. The molecule has 0 unspecified atom stereocenters. The molecule has 0 aliphatic heterocycles. The van der Waals surface area contributed by atoms with Crippen LogP contribution >= 0.6 is 0 Å². The fraction of sp³-hybridized carbons (Fsp3) is 0.250. The van der Waals surface area contributed by atoms with Crippen LogP contribution in [0.2, 0.25) is 0 Å². The van der Waals surface area contributed by atoms with Crippen molar-refractivity contribution in [2.45, 2.75) is 32.9 Å². The SMILES string of the molecule is Cc1cccc(C)c1NC(=O)CNC(=O)[C@H](C)[NH2+][C@@H](c1ccccc1)c1ccco1. The molecule has 0 aliphatic carbocycles. The molecule has 30 heavy (non-hydrogen) atoms. The van der Waals surface area contributed by atoms with Gasteiger partial charge in [0.25, 0.3) is 5.91 Å². The molecule has 0 spiro atoms. The average Bonchev–Trinajstić information content (AvgIpc) is 3.28. The summed E-state index contributed by atoms with van der Waals surface area (Å²) < 4.78 is 5.59. The topological polar surface area (TPSA) is 88.0 Å². The summed E-state index contributed by atoms with van der Waals surface area (Å²) in [5.41, 5.74) is 3.80. The highest BCUT2D eigenvalue weighted by Gasteiger charge is 2.26. The standard InChI is InChI=1S/C24H27N3O3/c1-16-9-7-10-17(2)22(16)27-21(28)15-25-24(29)18(3)26-23(20-13-8-14-30-20)19-11-5-4-6-12-19/h4-14,18,23,26H,15H2,1-3H3,(H,25,29)(H,27,28)/p+1/t18-,23-/m0/s1. The van der Waals surface area contributed by atoms with E-state index in [-0.39, 0.29) is 24.4 Å². The van der Waals surface area contributed by atoms with Gasteiger partial charge in [0.05, 0.1) is 12.8 Å². The molecule has 6 nitrogen and oxygen atoms in total. The van der Waals surface area contributed by atoms with Gasteiger partial charge in [0.15, 0.2) is 17.8 Å². The maximum absolute atomic E-state index is 12.6. The molecule has 0 aliphatic rings. The maximum Gasteiger partial charge on any atom is 0.278 e. The van der Waals surface area contributed by atoms with Crippen LogP contribution in [0.1, 0.15) is 35.4 Å². The molecule has 0 saturated heterocycles. The molecule has 4 N–H and O–H groups in total. The highest BCUT2D eigenvalue weighted by atomic mass is 16.3. The lowest BCUT2D eigenvalue weighted by molar-refractivity contribution is -0.706. The number of amides is 2. The van der Waals surface area contributed by atoms with Crippen LogP contribution in [0.3, 0.4) is 0 Å². The van der Waals surface area contributed by atoms with Crippen molar-refractivity contribution in [1.29, 1.82) is 0 Å². The number of hydrogen-bond donors (Lipinski definition) is 3. The molecular formula is C24H28N3O3+. The Morgan fingerprint density at radius 3 is 2.30 bits per heavy atom. The predicted octanol–water partition coefficient (Wildman–Crippen LogP) is 2.69. The highest BCUT2D eigenvalue weighted by Crippen LogP contribution is 2.19. The lowest BCUT2D eigenvalue weighted by Crippen LogP contribution is -2.92. The van der Waals surface area contributed by atoms with Gasteiger partial charge in [-0.25, -0.2) is 0 Å². The van der Waals surface area contributed by atoms with Crippen LogP contribution in [0.4, 0.5) is 5.69 Å². The highest BCUT2D eigenvalue weighted by molar-refractivity contribution is 5.96. The van der Waals surface area contributed by atoms with Gasteiger partial charge in [0.1, 0.15) is 0 Å². The largest absolute Gasteiger partial charge is 0.463 e. The normalized spacial score (nSPS) is 12.8. The number of carbonyl (C=O) groups excluding carboxylic acids is 2. The van der Waals surface area contributed by atoms with Gasteiger partial charge in [-0.2, -0.15) is 0 Å². The molecule has 0 saturated carbocycles. The number of nitrogens with two attached hydrogens (primary N) is 1. The molecule has 3 rings (SSSR count). The molecule has 0 bridgehead atoms. The zero-order valence-electron chi connectivity index (χ0n) is 17.5. The van der Waals surface area contributed by atoms with Crippen molar-refractivity contribution in [3.05, 3.63) is 89.4 Å². The Hall–Kier alpha value is -3.38. The monoisotopic (exact) mass is 406 g/mol. The third-order valence-corrected chi connectivity index (χ3v) is 5.07. The number of carbonyl (C=O) groups is 2. The van der Waals surface area contributed by atoms with E-state index in [0.29, 0.717) is 0 Å². The first-order valence-corrected chi connectivity index (χ1v) is 10.0. The minimum atomic E-state index is -0.409. The Morgan fingerprint density at radius 1 is 0.967 bits per heavy atom. The second-order valence-electron chi connectivity index (χ2n) is 7.42. The van der Waals surface area contributed by atoms with Crippen LogP contribution in [0.5, 0.6) is 0 Å². The Kier molecular flexibility index (Phi) is 7.03. The third-order valence-electron chi connectivity index (χ3n) is 5.07. The summed E-state index contributed by atoms with van der Waals surface area (Å²) in [6.07, 6.45) is 1.63. The van der Waals surface area contributed by atoms with Crippen molar-refractivity contribution >= 4 is 17.5 Å². The Bertz CT molecular complexity index is 964. The van der Waals surface area contributed by atoms with E-state index in [2.05, 4.69) is 10.6 Å². The van der Waals surface area contributed by atoms with Crippen molar-refractivity contribution in [2.24, 2.45) is 0 Å². The summed E-state index contributed by atoms with van der Waals surface area (Å²) in [5, 5.41) is 7.55. The van der Waals surface area contributed by atoms with E-state index >= 15 is 0 Å². The second kappa shape index (κ2) is 9.89. The van der Waals surface area contributed by atoms with Gasteiger partial charge in [-0.3, -0.25) is 9.59 Å². The van der Waals surface area contributed by atoms with Gasteiger partial charge in [-0.1, -0.05) is 48.5 Å². The lowest BCUT2D eigenvalue weighted by atomic mass is 10.0. The summed E-state index contributed by atoms with van der Waals surface area (Å²) in [7, 11) is 0. The molecule has 2 aromatic carbocycles. The fourth-order valence-corrected chi connectivity index (χ4v) is 3.40. The summed E-state index contributed by atoms with van der Waals surface area (Å²) in [6.45, 7) is 5.62. The molecule has 1 heterocycles. The Balaban J connectivity index is 1.59. The molecular weight excluding hydrogens is 378 g/mol. The number of furan rings is 1. The molecule has 0 fully saturated rings.